The number of piperidine rings is 1. The quantitative estimate of drug-likeness (QED) is 0.684. The van der Waals surface area contributed by atoms with Crippen molar-refractivity contribution in [1.29, 1.82) is 0 Å². The van der Waals surface area contributed by atoms with Crippen LogP contribution in [0.15, 0.2) is 42.5 Å². The van der Waals surface area contributed by atoms with Crippen molar-refractivity contribution in [3.63, 3.8) is 0 Å². The largest absolute Gasteiger partial charge is 0.454 e. The number of benzene rings is 2. The van der Waals surface area contributed by atoms with E-state index in [-0.39, 0.29) is 12.7 Å². The first-order chi connectivity index (χ1) is 14.7. The fourth-order valence-corrected chi connectivity index (χ4v) is 5.39. The number of thiazole rings is 1. The molecule has 2 aromatic carbocycles. The van der Waals surface area contributed by atoms with E-state index in [1.807, 2.05) is 29.2 Å². The average Bonchev–Trinajstić information content (AvgIpc) is 3.40. The minimum Gasteiger partial charge on any atom is -0.454 e. The number of carbonyl (C=O) groups excluding carboxylic acids is 1. The molecular weight excluding hydrogens is 398 g/mol. The van der Waals surface area contributed by atoms with Gasteiger partial charge in [-0.3, -0.25) is 4.79 Å². The SMILES string of the molecule is C[NH+](CC(=O)N1CCC[C@H](c2nc3ccccc3s2)C1)Cc1ccc2c(c1)OCO2. The number of nitrogens with zero attached hydrogens (tertiary/aromatic N) is 2. The number of fused-ring (bicyclic) bond motifs is 2. The monoisotopic (exact) mass is 424 g/mol. The summed E-state index contributed by atoms with van der Waals surface area (Å²) >= 11 is 1.77. The molecule has 1 aromatic heterocycles. The maximum absolute atomic E-state index is 13.0. The molecule has 5 rings (SSSR count). The van der Waals surface area contributed by atoms with Gasteiger partial charge in [0.15, 0.2) is 18.0 Å². The van der Waals surface area contributed by atoms with Crippen LogP contribution in [0.1, 0.15) is 29.3 Å². The number of carbonyl (C=O) groups is 1. The molecule has 156 valence electrons. The average molecular weight is 425 g/mol. The molecule has 6 nitrogen and oxygen atoms in total. The first-order valence-corrected chi connectivity index (χ1v) is 11.3. The first kappa shape index (κ1) is 19.3. The van der Waals surface area contributed by atoms with Crippen LogP contribution in [0.25, 0.3) is 10.2 Å². The van der Waals surface area contributed by atoms with Gasteiger partial charge in [0, 0.05) is 24.6 Å². The molecule has 7 heteroatoms. The predicted molar refractivity (Wildman–Crippen MR) is 116 cm³/mol. The second kappa shape index (κ2) is 8.24. The highest BCUT2D eigenvalue weighted by atomic mass is 32.1. The van der Waals surface area contributed by atoms with E-state index in [9.17, 15) is 4.79 Å². The van der Waals surface area contributed by atoms with Gasteiger partial charge < -0.3 is 19.3 Å². The predicted octanol–water partition coefficient (Wildman–Crippen LogP) is 2.45. The topological polar surface area (TPSA) is 56.1 Å². The van der Waals surface area contributed by atoms with E-state index >= 15 is 0 Å². The van der Waals surface area contributed by atoms with Crippen LogP contribution in [-0.2, 0) is 11.3 Å². The maximum atomic E-state index is 13.0. The van der Waals surface area contributed by atoms with Crippen molar-refractivity contribution in [2.45, 2.75) is 25.3 Å². The lowest BCUT2D eigenvalue weighted by Crippen LogP contribution is -3.08. The van der Waals surface area contributed by atoms with Gasteiger partial charge in [0.1, 0.15) is 6.54 Å². The van der Waals surface area contributed by atoms with Gasteiger partial charge in [-0.25, -0.2) is 4.98 Å². The van der Waals surface area contributed by atoms with E-state index < -0.39 is 0 Å². The van der Waals surface area contributed by atoms with Gasteiger partial charge in [-0.1, -0.05) is 12.1 Å². The Balaban J connectivity index is 1.20. The van der Waals surface area contributed by atoms with Gasteiger partial charge in [-0.05, 0) is 43.2 Å². The number of para-hydroxylation sites is 1. The molecule has 1 unspecified atom stereocenters. The van der Waals surface area contributed by atoms with E-state index in [0.717, 1.165) is 60.1 Å². The molecule has 1 saturated heterocycles. The third-order valence-corrected chi connectivity index (χ3v) is 7.03. The summed E-state index contributed by atoms with van der Waals surface area (Å²) < 4.78 is 12.1. The van der Waals surface area contributed by atoms with E-state index in [1.54, 1.807) is 11.3 Å². The van der Waals surface area contributed by atoms with Gasteiger partial charge in [0.25, 0.3) is 5.91 Å². The number of hydrogen-bond donors (Lipinski definition) is 1. The summed E-state index contributed by atoms with van der Waals surface area (Å²) in [5.74, 6) is 2.15. The van der Waals surface area contributed by atoms with Crippen molar-refractivity contribution in [1.82, 2.24) is 9.88 Å². The van der Waals surface area contributed by atoms with Crippen LogP contribution in [0.5, 0.6) is 11.5 Å². The van der Waals surface area contributed by atoms with E-state index in [1.165, 1.54) is 9.60 Å². The molecule has 0 radical (unpaired) electrons. The van der Waals surface area contributed by atoms with Crippen LogP contribution in [0.4, 0.5) is 0 Å². The summed E-state index contributed by atoms with van der Waals surface area (Å²) in [6.45, 7) is 3.16. The fourth-order valence-electron chi connectivity index (χ4n) is 4.30. The number of amides is 1. The van der Waals surface area contributed by atoms with Gasteiger partial charge in [-0.15, -0.1) is 11.3 Å². The van der Waals surface area contributed by atoms with Gasteiger partial charge in [0.2, 0.25) is 6.79 Å². The van der Waals surface area contributed by atoms with E-state index in [2.05, 4.69) is 25.2 Å². The third-order valence-electron chi connectivity index (χ3n) is 5.83. The number of likely N-dealkylation sites (N-methyl/N-ethyl adjacent to an activating group) is 1. The molecule has 30 heavy (non-hydrogen) atoms. The summed E-state index contributed by atoms with van der Waals surface area (Å²) in [4.78, 5) is 21.0. The second-order valence-electron chi connectivity index (χ2n) is 8.20. The van der Waals surface area contributed by atoms with Crippen LogP contribution in [-0.4, -0.2) is 49.3 Å². The minimum absolute atomic E-state index is 0.221. The summed E-state index contributed by atoms with van der Waals surface area (Å²) in [6, 6.07) is 14.3. The summed E-state index contributed by atoms with van der Waals surface area (Å²) in [5, 5.41) is 1.16. The van der Waals surface area contributed by atoms with Gasteiger partial charge >= 0.3 is 0 Å². The van der Waals surface area contributed by atoms with Crippen LogP contribution < -0.4 is 14.4 Å². The molecule has 2 aliphatic heterocycles. The van der Waals surface area contributed by atoms with Crippen molar-refractivity contribution in [2.75, 3.05) is 33.5 Å². The smallest absolute Gasteiger partial charge is 0.277 e. The minimum atomic E-state index is 0.221. The summed E-state index contributed by atoms with van der Waals surface area (Å²) in [7, 11) is 2.07. The van der Waals surface area contributed by atoms with Crippen LogP contribution in [0.3, 0.4) is 0 Å². The number of nitrogens with one attached hydrogen (secondary N) is 1. The first-order valence-electron chi connectivity index (χ1n) is 10.5. The summed E-state index contributed by atoms with van der Waals surface area (Å²) in [6.07, 6.45) is 2.14. The van der Waals surface area contributed by atoms with Gasteiger partial charge in [-0.2, -0.15) is 0 Å². The number of aromatic nitrogens is 1. The van der Waals surface area contributed by atoms with Crippen LogP contribution in [0.2, 0.25) is 0 Å². The Morgan fingerprint density at radius 1 is 1.23 bits per heavy atom. The number of likely N-dealkylation sites (tertiary alicyclic amines) is 1. The van der Waals surface area contributed by atoms with E-state index in [0.29, 0.717) is 12.5 Å². The van der Waals surface area contributed by atoms with Crippen molar-refractivity contribution in [2.24, 2.45) is 0 Å². The fraction of sp³-hybridized carbons (Fsp3) is 0.391. The highest BCUT2D eigenvalue weighted by molar-refractivity contribution is 7.18. The van der Waals surface area contributed by atoms with Crippen molar-refractivity contribution in [3.8, 4) is 11.5 Å². The molecule has 0 saturated carbocycles. The molecule has 1 fully saturated rings. The highest BCUT2D eigenvalue weighted by Gasteiger charge is 2.28. The summed E-state index contributed by atoms with van der Waals surface area (Å²) in [5.41, 5.74) is 2.21. The Morgan fingerprint density at radius 2 is 2.10 bits per heavy atom. The highest BCUT2D eigenvalue weighted by Crippen LogP contribution is 2.33. The molecule has 2 aliphatic rings. The molecule has 3 heterocycles. The normalized spacial score (nSPS) is 19.2. The third kappa shape index (κ3) is 4.00. The van der Waals surface area contributed by atoms with Crippen LogP contribution in [0, 0.1) is 0 Å². The molecular formula is C23H26N3O3S+. The number of rotatable bonds is 5. The lowest BCUT2D eigenvalue weighted by atomic mass is 9.98. The number of hydrogen-bond acceptors (Lipinski definition) is 5. The molecule has 3 aromatic rings. The maximum Gasteiger partial charge on any atom is 0.277 e. The molecule has 0 bridgehead atoms. The second-order valence-corrected chi connectivity index (χ2v) is 9.26. The lowest BCUT2D eigenvalue weighted by molar-refractivity contribution is -0.885. The van der Waals surface area contributed by atoms with Crippen molar-refractivity contribution < 1.29 is 19.2 Å². The Hall–Kier alpha value is -2.64. The molecule has 0 spiro atoms. The van der Waals surface area contributed by atoms with E-state index in [4.69, 9.17) is 14.5 Å². The van der Waals surface area contributed by atoms with Gasteiger partial charge in [0.05, 0.1) is 22.3 Å². The molecule has 0 aliphatic carbocycles. The Bertz CT molecular complexity index is 1030. The van der Waals surface area contributed by atoms with Crippen molar-refractivity contribution >= 4 is 27.5 Å². The Kier molecular flexibility index (Phi) is 5.31. The zero-order valence-electron chi connectivity index (χ0n) is 17.1. The molecule has 2 atom stereocenters. The lowest BCUT2D eigenvalue weighted by Gasteiger charge is -2.32. The molecule has 1 N–H and O–H groups in total. The Labute approximate surface area is 180 Å². The number of ether oxygens (including phenoxy) is 2. The van der Waals surface area contributed by atoms with Crippen molar-refractivity contribution in [3.05, 3.63) is 53.0 Å². The van der Waals surface area contributed by atoms with Crippen LogP contribution >= 0.6 is 11.3 Å². The Morgan fingerprint density at radius 3 is 3.00 bits per heavy atom. The standard InChI is InChI=1S/C23H25N3O3S/c1-25(12-16-8-9-19-20(11-16)29-15-28-19)14-22(27)26-10-4-5-17(13-26)23-24-18-6-2-3-7-21(18)30-23/h2-3,6-9,11,17H,4-5,10,12-15H2,1H3/p+1/t17-/m0/s1. The zero-order valence-corrected chi connectivity index (χ0v) is 17.9. The zero-order chi connectivity index (χ0) is 20.5. The molecule has 1 amide bonds. The number of quaternary nitrogens is 1.